The maximum absolute atomic E-state index is 12.6. The van der Waals surface area contributed by atoms with Crippen molar-refractivity contribution in [2.75, 3.05) is 0 Å². The number of hydrogen-bond acceptors (Lipinski definition) is 4. The van der Waals surface area contributed by atoms with Crippen molar-refractivity contribution in [2.24, 2.45) is 7.05 Å². The highest BCUT2D eigenvalue weighted by Crippen LogP contribution is 2.28. The van der Waals surface area contributed by atoms with E-state index in [-0.39, 0.29) is 16.7 Å². The summed E-state index contributed by atoms with van der Waals surface area (Å²) in [6, 6.07) is 17.9. The Morgan fingerprint density at radius 2 is 1.79 bits per heavy atom. The number of rotatable bonds is 3. The van der Waals surface area contributed by atoms with Crippen LogP contribution in [0.5, 0.6) is 11.5 Å². The number of halogens is 1. The smallest absolute Gasteiger partial charge is 0.298 e. The third-order valence-corrected chi connectivity index (χ3v) is 3.72. The Bertz CT molecular complexity index is 991. The molecule has 2 aromatic carbocycles. The fraction of sp³-hybridized carbons (Fsp3) is 0.0556. The molecule has 0 saturated heterocycles. The third kappa shape index (κ3) is 2.87. The Kier molecular flexibility index (Phi) is 4.32. The second kappa shape index (κ2) is 6.57. The fourth-order valence-corrected chi connectivity index (χ4v) is 2.44. The summed E-state index contributed by atoms with van der Waals surface area (Å²) in [5.41, 5.74) is 0.646. The maximum atomic E-state index is 12.6. The van der Waals surface area contributed by atoms with Crippen LogP contribution in [0.2, 0.25) is 5.15 Å². The Balaban J connectivity index is 2.10. The van der Waals surface area contributed by atoms with Crippen molar-refractivity contribution in [3.05, 3.63) is 75.7 Å². The van der Waals surface area contributed by atoms with Crippen molar-refractivity contribution in [3.63, 3.8) is 0 Å². The van der Waals surface area contributed by atoms with E-state index >= 15 is 0 Å². The van der Waals surface area contributed by atoms with E-state index in [2.05, 4.69) is 4.98 Å². The summed E-state index contributed by atoms with van der Waals surface area (Å²) < 4.78 is 6.95. The largest absolute Gasteiger partial charge is 0.447 e. The number of ether oxygens (including phenoxy) is 1. The first-order valence-electron chi connectivity index (χ1n) is 7.10. The molecule has 0 bridgehead atoms. The Morgan fingerprint density at radius 3 is 2.50 bits per heavy atom. The summed E-state index contributed by atoms with van der Waals surface area (Å²) in [6.07, 6.45) is 0. The molecule has 118 valence electrons. The number of aromatic nitrogens is 2. The zero-order chi connectivity index (χ0) is 17.1. The minimum atomic E-state index is -0.429. The van der Waals surface area contributed by atoms with Crippen LogP contribution in [-0.4, -0.2) is 9.55 Å². The van der Waals surface area contributed by atoms with Gasteiger partial charge in [0.05, 0.1) is 5.56 Å². The molecule has 0 unspecified atom stereocenters. The van der Waals surface area contributed by atoms with Gasteiger partial charge in [0.15, 0.2) is 5.15 Å². The molecule has 1 aromatic heterocycles. The topological polar surface area (TPSA) is 67.9 Å². The van der Waals surface area contributed by atoms with Crippen LogP contribution in [0.3, 0.4) is 0 Å². The molecule has 24 heavy (non-hydrogen) atoms. The molecular weight excluding hydrogens is 326 g/mol. The van der Waals surface area contributed by atoms with E-state index in [0.717, 1.165) is 5.56 Å². The molecular formula is C18H12ClN3O2. The van der Waals surface area contributed by atoms with Gasteiger partial charge in [0.2, 0.25) is 5.75 Å². The van der Waals surface area contributed by atoms with Crippen LogP contribution in [0.4, 0.5) is 0 Å². The van der Waals surface area contributed by atoms with Crippen LogP contribution >= 0.6 is 11.6 Å². The molecule has 0 spiro atoms. The standard InChI is InChI=1S/C18H12ClN3O2/c1-22-17(12-7-3-2-4-8-12)21-16(19)15(18(22)23)24-14-10-6-5-9-13(14)11-20/h2-10H,1H3. The molecule has 3 aromatic rings. The molecule has 0 N–H and O–H groups in total. The minimum Gasteiger partial charge on any atom is -0.447 e. The van der Waals surface area contributed by atoms with E-state index in [1.807, 2.05) is 36.4 Å². The number of hydrogen-bond donors (Lipinski definition) is 0. The molecule has 0 atom stereocenters. The van der Waals surface area contributed by atoms with E-state index in [1.165, 1.54) is 4.57 Å². The lowest BCUT2D eigenvalue weighted by Gasteiger charge is -2.12. The average molecular weight is 338 g/mol. The van der Waals surface area contributed by atoms with Crippen LogP contribution < -0.4 is 10.3 Å². The first-order valence-corrected chi connectivity index (χ1v) is 7.48. The lowest BCUT2D eigenvalue weighted by atomic mass is 10.2. The van der Waals surface area contributed by atoms with Crippen LogP contribution in [0.1, 0.15) is 5.56 Å². The number of para-hydroxylation sites is 1. The molecule has 0 radical (unpaired) electrons. The molecule has 0 amide bonds. The van der Waals surface area contributed by atoms with E-state index in [9.17, 15) is 4.79 Å². The van der Waals surface area contributed by atoms with Gasteiger partial charge in [0.25, 0.3) is 5.56 Å². The maximum Gasteiger partial charge on any atom is 0.298 e. The summed E-state index contributed by atoms with van der Waals surface area (Å²) in [5.74, 6) is 0.585. The van der Waals surface area contributed by atoms with Crippen molar-refractivity contribution in [1.82, 2.24) is 9.55 Å². The number of benzene rings is 2. The van der Waals surface area contributed by atoms with Gasteiger partial charge in [-0.25, -0.2) is 4.98 Å². The molecule has 6 heteroatoms. The van der Waals surface area contributed by atoms with Crippen molar-refractivity contribution < 1.29 is 4.74 Å². The van der Waals surface area contributed by atoms with Crippen LogP contribution in [0.15, 0.2) is 59.4 Å². The van der Waals surface area contributed by atoms with Crippen molar-refractivity contribution in [2.45, 2.75) is 0 Å². The lowest BCUT2D eigenvalue weighted by Crippen LogP contribution is -2.21. The first kappa shape index (κ1) is 15.8. The molecule has 0 saturated carbocycles. The Morgan fingerprint density at radius 1 is 1.12 bits per heavy atom. The Labute approximate surface area is 143 Å². The highest BCUT2D eigenvalue weighted by molar-refractivity contribution is 6.30. The summed E-state index contributed by atoms with van der Waals surface area (Å²) in [5, 5.41) is 9.07. The average Bonchev–Trinajstić information content (AvgIpc) is 2.62. The minimum absolute atomic E-state index is 0.0512. The van der Waals surface area contributed by atoms with Crippen molar-refractivity contribution >= 4 is 11.6 Å². The molecule has 3 rings (SSSR count). The van der Waals surface area contributed by atoms with E-state index < -0.39 is 5.56 Å². The van der Waals surface area contributed by atoms with Crippen LogP contribution in [0.25, 0.3) is 11.4 Å². The number of nitrogens with zero attached hydrogens (tertiary/aromatic N) is 3. The normalized spacial score (nSPS) is 10.2. The van der Waals surface area contributed by atoms with Gasteiger partial charge in [-0.15, -0.1) is 0 Å². The van der Waals surface area contributed by atoms with Gasteiger partial charge in [-0.05, 0) is 12.1 Å². The van der Waals surface area contributed by atoms with E-state index in [4.69, 9.17) is 21.6 Å². The van der Waals surface area contributed by atoms with Gasteiger partial charge in [-0.2, -0.15) is 5.26 Å². The SMILES string of the molecule is Cn1c(-c2ccccc2)nc(Cl)c(Oc2ccccc2C#N)c1=O. The summed E-state index contributed by atoms with van der Waals surface area (Å²) >= 11 is 6.17. The zero-order valence-electron chi connectivity index (χ0n) is 12.7. The highest BCUT2D eigenvalue weighted by atomic mass is 35.5. The predicted octanol–water partition coefficient (Wildman–Crippen LogP) is 3.76. The van der Waals surface area contributed by atoms with Crippen LogP contribution in [-0.2, 0) is 7.05 Å². The van der Waals surface area contributed by atoms with Gasteiger partial charge < -0.3 is 4.74 Å². The summed E-state index contributed by atoms with van der Waals surface area (Å²) in [4.78, 5) is 16.9. The first-order chi connectivity index (χ1) is 11.6. The van der Waals surface area contributed by atoms with E-state index in [0.29, 0.717) is 11.4 Å². The fourth-order valence-electron chi connectivity index (χ4n) is 2.24. The van der Waals surface area contributed by atoms with Crippen molar-refractivity contribution in [3.8, 4) is 29.0 Å². The van der Waals surface area contributed by atoms with Gasteiger partial charge in [-0.1, -0.05) is 54.1 Å². The molecule has 0 aliphatic rings. The van der Waals surface area contributed by atoms with E-state index in [1.54, 1.807) is 31.3 Å². The summed E-state index contributed by atoms with van der Waals surface area (Å²) in [7, 11) is 1.59. The second-order valence-corrected chi connectivity index (χ2v) is 5.35. The molecule has 1 heterocycles. The van der Waals surface area contributed by atoms with Crippen molar-refractivity contribution in [1.29, 1.82) is 5.26 Å². The molecule has 5 nitrogen and oxygen atoms in total. The zero-order valence-corrected chi connectivity index (χ0v) is 13.5. The summed E-state index contributed by atoms with van der Waals surface area (Å²) in [6.45, 7) is 0. The quantitative estimate of drug-likeness (QED) is 0.682. The van der Waals surface area contributed by atoms with Gasteiger partial charge in [0, 0.05) is 12.6 Å². The van der Waals surface area contributed by atoms with Gasteiger partial charge in [0.1, 0.15) is 17.6 Å². The van der Waals surface area contributed by atoms with Gasteiger partial charge in [-0.3, -0.25) is 9.36 Å². The predicted molar refractivity (Wildman–Crippen MR) is 91.2 cm³/mol. The second-order valence-electron chi connectivity index (χ2n) is 5.00. The third-order valence-electron chi connectivity index (χ3n) is 3.46. The Hall–Kier alpha value is -3.10. The molecule has 0 fully saturated rings. The molecule has 0 aliphatic carbocycles. The highest BCUT2D eigenvalue weighted by Gasteiger charge is 2.17. The number of nitriles is 1. The monoisotopic (exact) mass is 337 g/mol. The van der Waals surface area contributed by atoms with Crippen LogP contribution in [0, 0.1) is 11.3 Å². The van der Waals surface area contributed by atoms with Gasteiger partial charge >= 0.3 is 0 Å². The lowest BCUT2D eigenvalue weighted by molar-refractivity contribution is 0.465. The molecule has 0 aliphatic heterocycles.